The van der Waals surface area contributed by atoms with Crippen molar-refractivity contribution in [1.29, 1.82) is 0 Å². The predicted octanol–water partition coefficient (Wildman–Crippen LogP) is 1.97. The van der Waals surface area contributed by atoms with Gasteiger partial charge in [-0.2, -0.15) is 0 Å². The number of aromatic nitrogens is 6. The summed E-state index contributed by atoms with van der Waals surface area (Å²) < 4.78 is 3.64. The van der Waals surface area contributed by atoms with Crippen molar-refractivity contribution in [2.24, 2.45) is 12.8 Å². The number of benzene rings is 1. The highest BCUT2D eigenvalue weighted by atomic mass is 35.5. The normalized spacial score (nSPS) is 11.9. The molecule has 1 aromatic carbocycles. The van der Waals surface area contributed by atoms with Crippen molar-refractivity contribution in [2.45, 2.75) is 25.9 Å². The van der Waals surface area contributed by atoms with Gasteiger partial charge in [0.25, 0.3) is 0 Å². The Morgan fingerprint density at radius 3 is 2.43 bits per heavy atom. The van der Waals surface area contributed by atoms with Gasteiger partial charge >= 0.3 is 0 Å². The van der Waals surface area contributed by atoms with Crippen molar-refractivity contribution in [3.8, 4) is 11.4 Å². The van der Waals surface area contributed by atoms with Crippen molar-refractivity contribution in [3.63, 3.8) is 0 Å². The summed E-state index contributed by atoms with van der Waals surface area (Å²) in [6.45, 7) is 4.25. The molecule has 0 unspecified atom stereocenters. The quantitative estimate of drug-likeness (QED) is 0.789. The van der Waals surface area contributed by atoms with Gasteiger partial charge in [-0.3, -0.25) is 0 Å². The second kappa shape index (κ2) is 5.75. The second-order valence-corrected chi connectivity index (χ2v) is 6.47. The monoisotopic (exact) mass is 331 g/mol. The number of hydrogen-bond acceptors (Lipinski definition) is 5. The Morgan fingerprint density at radius 2 is 1.83 bits per heavy atom. The molecule has 2 N–H and O–H groups in total. The fourth-order valence-electron chi connectivity index (χ4n) is 2.17. The molecule has 0 saturated carbocycles. The molecule has 0 aliphatic heterocycles. The van der Waals surface area contributed by atoms with Crippen LogP contribution in [0.4, 0.5) is 0 Å². The van der Waals surface area contributed by atoms with Crippen LogP contribution in [0.5, 0.6) is 0 Å². The van der Waals surface area contributed by atoms with Crippen molar-refractivity contribution < 1.29 is 0 Å². The molecule has 0 aliphatic rings. The van der Waals surface area contributed by atoms with Gasteiger partial charge in [0.05, 0.1) is 11.7 Å². The average Bonchev–Trinajstić information content (AvgIpc) is 3.09. The van der Waals surface area contributed by atoms with Gasteiger partial charge in [-0.1, -0.05) is 16.8 Å². The molecular weight excluding hydrogens is 314 g/mol. The van der Waals surface area contributed by atoms with Crippen LogP contribution in [-0.4, -0.2) is 29.8 Å². The fourth-order valence-corrected chi connectivity index (χ4v) is 2.29. The third-order valence-electron chi connectivity index (χ3n) is 3.57. The Bertz CT molecular complexity index is 811. The van der Waals surface area contributed by atoms with Gasteiger partial charge in [0.15, 0.2) is 11.6 Å². The summed E-state index contributed by atoms with van der Waals surface area (Å²) in [4.78, 5) is 0. The van der Waals surface area contributed by atoms with E-state index in [0.717, 1.165) is 22.9 Å². The zero-order valence-electron chi connectivity index (χ0n) is 13.2. The van der Waals surface area contributed by atoms with E-state index >= 15 is 0 Å². The second-order valence-electron chi connectivity index (χ2n) is 6.03. The molecule has 120 valence electrons. The lowest BCUT2D eigenvalue weighted by Gasteiger charge is -2.13. The van der Waals surface area contributed by atoms with Gasteiger partial charge in [0.2, 0.25) is 0 Å². The van der Waals surface area contributed by atoms with Crippen molar-refractivity contribution in [3.05, 3.63) is 47.0 Å². The fraction of sp³-hybridized carbons (Fsp3) is 0.333. The molecule has 8 heteroatoms. The van der Waals surface area contributed by atoms with E-state index in [9.17, 15) is 0 Å². The van der Waals surface area contributed by atoms with Crippen LogP contribution in [0.3, 0.4) is 0 Å². The molecule has 0 aliphatic carbocycles. The van der Waals surface area contributed by atoms with Crippen LogP contribution in [0.25, 0.3) is 11.4 Å². The molecule has 3 aromatic rings. The molecule has 0 spiro atoms. The minimum absolute atomic E-state index is 0.472. The summed E-state index contributed by atoms with van der Waals surface area (Å²) in [7, 11) is 1.92. The lowest BCUT2D eigenvalue weighted by atomic mass is 10.0. The van der Waals surface area contributed by atoms with E-state index in [1.165, 1.54) is 0 Å². The topological polar surface area (TPSA) is 87.4 Å². The lowest BCUT2D eigenvalue weighted by molar-refractivity contribution is 0.533. The summed E-state index contributed by atoms with van der Waals surface area (Å²) in [6.07, 6.45) is 1.83. The van der Waals surface area contributed by atoms with E-state index in [0.29, 0.717) is 11.6 Å². The van der Waals surface area contributed by atoms with Crippen LogP contribution < -0.4 is 5.73 Å². The number of nitrogens with zero attached hydrogens (tertiary/aromatic N) is 6. The first kappa shape index (κ1) is 15.6. The molecule has 23 heavy (non-hydrogen) atoms. The van der Waals surface area contributed by atoms with Crippen molar-refractivity contribution >= 4 is 11.6 Å². The van der Waals surface area contributed by atoms with Gasteiger partial charge in [0, 0.05) is 17.6 Å². The van der Waals surface area contributed by atoms with Crippen LogP contribution >= 0.6 is 11.6 Å². The molecule has 2 heterocycles. The lowest BCUT2D eigenvalue weighted by Crippen LogP contribution is -2.29. The summed E-state index contributed by atoms with van der Waals surface area (Å²) >= 11 is 5.92. The minimum Gasteiger partial charge on any atom is -0.320 e. The maximum Gasteiger partial charge on any atom is 0.163 e. The number of nitrogens with two attached hydrogens (primary N) is 1. The SMILES string of the molecule is Cn1c(Cn2cc(C(C)(C)N)nn2)nnc1-c1ccc(Cl)cc1. The van der Waals surface area contributed by atoms with E-state index in [2.05, 4.69) is 20.5 Å². The molecule has 0 radical (unpaired) electrons. The highest BCUT2D eigenvalue weighted by Crippen LogP contribution is 2.20. The Kier molecular flexibility index (Phi) is 3.91. The van der Waals surface area contributed by atoms with Gasteiger partial charge in [0.1, 0.15) is 12.2 Å². The predicted molar refractivity (Wildman–Crippen MR) is 87.8 cm³/mol. The third-order valence-corrected chi connectivity index (χ3v) is 3.82. The third kappa shape index (κ3) is 3.25. The maximum absolute atomic E-state index is 6.03. The molecule has 0 amide bonds. The van der Waals surface area contributed by atoms with E-state index in [-0.39, 0.29) is 0 Å². The zero-order valence-corrected chi connectivity index (χ0v) is 14.0. The summed E-state index contributed by atoms with van der Waals surface area (Å²) in [5.74, 6) is 1.55. The molecule has 0 bridgehead atoms. The Hall–Kier alpha value is -2.25. The van der Waals surface area contributed by atoms with Gasteiger partial charge in [-0.15, -0.1) is 15.3 Å². The molecular formula is C15H18ClN7. The molecule has 2 aromatic heterocycles. The molecule has 0 saturated heterocycles. The van der Waals surface area contributed by atoms with E-state index < -0.39 is 5.54 Å². The highest BCUT2D eigenvalue weighted by Gasteiger charge is 2.19. The number of rotatable bonds is 4. The highest BCUT2D eigenvalue weighted by molar-refractivity contribution is 6.30. The molecule has 0 atom stereocenters. The van der Waals surface area contributed by atoms with E-state index in [1.807, 2.05) is 55.9 Å². The molecule has 3 rings (SSSR count). The zero-order chi connectivity index (χ0) is 16.6. The summed E-state index contributed by atoms with van der Waals surface area (Å²) in [5, 5.41) is 17.4. The average molecular weight is 332 g/mol. The van der Waals surface area contributed by atoms with E-state index in [4.69, 9.17) is 17.3 Å². The summed E-state index contributed by atoms with van der Waals surface area (Å²) in [6, 6.07) is 7.50. The smallest absolute Gasteiger partial charge is 0.163 e. The minimum atomic E-state index is -0.521. The number of hydrogen-bond donors (Lipinski definition) is 1. The first-order valence-electron chi connectivity index (χ1n) is 7.18. The molecule has 0 fully saturated rings. The largest absolute Gasteiger partial charge is 0.320 e. The standard InChI is InChI=1S/C15H18ClN7/c1-15(2,17)12-8-23(21-18-12)9-13-19-20-14(22(13)3)10-4-6-11(16)7-5-10/h4-8H,9,17H2,1-3H3. The van der Waals surface area contributed by atoms with Gasteiger partial charge in [-0.05, 0) is 38.1 Å². The van der Waals surface area contributed by atoms with Crippen LogP contribution in [0, 0.1) is 0 Å². The van der Waals surface area contributed by atoms with Crippen LogP contribution in [0.2, 0.25) is 5.02 Å². The van der Waals surface area contributed by atoms with Crippen molar-refractivity contribution in [2.75, 3.05) is 0 Å². The van der Waals surface area contributed by atoms with E-state index in [1.54, 1.807) is 4.68 Å². The Labute approximate surface area is 139 Å². The Morgan fingerprint density at radius 1 is 1.13 bits per heavy atom. The van der Waals surface area contributed by atoms with Crippen LogP contribution in [0.15, 0.2) is 30.5 Å². The summed E-state index contributed by atoms with van der Waals surface area (Å²) in [5.41, 5.74) is 7.20. The van der Waals surface area contributed by atoms with Gasteiger partial charge < -0.3 is 10.3 Å². The first-order valence-corrected chi connectivity index (χ1v) is 7.56. The number of halogens is 1. The first-order chi connectivity index (χ1) is 10.8. The van der Waals surface area contributed by atoms with Crippen molar-refractivity contribution in [1.82, 2.24) is 29.8 Å². The van der Waals surface area contributed by atoms with Gasteiger partial charge in [-0.25, -0.2) is 4.68 Å². The Balaban J connectivity index is 1.85. The maximum atomic E-state index is 6.03. The van der Waals surface area contributed by atoms with Crippen LogP contribution in [-0.2, 0) is 19.1 Å². The molecule has 7 nitrogen and oxygen atoms in total. The van der Waals surface area contributed by atoms with Crippen LogP contribution in [0.1, 0.15) is 25.4 Å².